The SMILES string of the molecule is COCCCS(=O)(=O)Cc1ccc(-c2ccc3c(c2)CCC2(CCN(CC(C)(C)C)CC2)O3)nc1. The normalized spacial score (nSPS) is 18.3. The molecular formula is C28H40N2O4S. The number of piperidine rings is 1. The number of aromatic nitrogens is 1. The lowest BCUT2D eigenvalue weighted by molar-refractivity contribution is -0.0206. The Kier molecular flexibility index (Phi) is 7.89. The van der Waals surface area contributed by atoms with Crippen LogP contribution in [0.25, 0.3) is 11.3 Å². The molecule has 0 atom stereocenters. The molecule has 2 aliphatic heterocycles. The number of rotatable bonds is 8. The zero-order chi connectivity index (χ0) is 25.1. The average Bonchev–Trinajstić information content (AvgIpc) is 2.80. The molecule has 192 valence electrons. The molecule has 0 amide bonds. The maximum atomic E-state index is 12.3. The van der Waals surface area contributed by atoms with Crippen LogP contribution in [0.1, 0.15) is 57.6 Å². The van der Waals surface area contributed by atoms with Crippen molar-refractivity contribution in [1.82, 2.24) is 9.88 Å². The highest BCUT2D eigenvalue weighted by Crippen LogP contribution is 2.41. The second-order valence-corrected chi connectivity index (χ2v) is 13.6. The van der Waals surface area contributed by atoms with E-state index in [9.17, 15) is 8.42 Å². The Morgan fingerprint density at radius 3 is 2.54 bits per heavy atom. The van der Waals surface area contributed by atoms with E-state index < -0.39 is 9.84 Å². The van der Waals surface area contributed by atoms with E-state index in [4.69, 9.17) is 9.47 Å². The summed E-state index contributed by atoms with van der Waals surface area (Å²) < 4.78 is 36.2. The summed E-state index contributed by atoms with van der Waals surface area (Å²) in [5, 5.41) is 0. The Morgan fingerprint density at radius 1 is 1.11 bits per heavy atom. The summed E-state index contributed by atoms with van der Waals surface area (Å²) in [6, 6.07) is 10.1. The summed E-state index contributed by atoms with van der Waals surface area (Å²) in [5.41, 5.74) is 4.13. The van der Waals surface area contributed by atoms with Crippen molar-refractivity contribution in [2.45, 2.75) is 64.2 Å². The Bertz CT molecular complexity index is 1100. The summed E-state index contributed by atoms with van der Waals surface area (Å²) in [6.45, 7) is 10.7. The number of methoxy groups -OCH3 is 1. The predicted octanol–water partition coefficient (Wildman–Crippen LogP) is 4.91. The van der Waals surface area contributed by atoms with Gasteiger partial charge in [-0.2, -0.15) is 0 Å². The molecule has 0 saturated carbocycles. The fourth-order valence-electron chi connectivity index (χ4n) is 5.25. The van der Waals surface area contributed by atoms with Crippen LogP contribution in [0.4, 0.5) is 0 Å². The first-order valence-electron chi connectivity index (χ1n) is 12.8. The van der Waals surface area contributed by atoms with Crippen LogP contribution in [0.2, 0.25) is 0 Å². The van der Waals surface area contributed by atoms with E-state index >= 15 is 0 Å². The zero-order valence-electron chi connectivity index (χ0n) is 21.7. The minimum atomic E-state index is -3.16. The summed E-state index contributed by atoms with van der Waals surface area (Å²) in [4.78, 5) is 7.14. The van der Waals surface area contributed by atoms with Crippen LogP contribution in [0.5, 0.6) is 5.75 Å². The quantitative estimate of drug-likeness (QED) is 0.480. The maximum absolute atomic E-state index is 12.3. The standard InChI is InChI=1S/C28H40N2O4S/c1-27(2,3)21-30-14-12-28(13-15-30)11-10-24-18-23(7-9-26(24)34-28)25-8-6-22(19-29-25)20-35(31,32)17-5-16-33-4/h6-9,18-19H,5,10-17,20-21H2,1-4H3. The van der Waals surface area contributed by atoms with Crippen molar-refractivity contribution in [3.05, 3.63) is 47.7 Å². The highest BCUT2D eigenvalue weighted by atomic mass is 32.2. The van der Waals surface area contributed by atoms with E-state index in [0.717, 1.165) is 62.3 Å². The molecule has 2 aromatic rings. The largest absolute Gasteiger partial charge is 0.487 e. The van der Waals surface area contributed by atoms with E-state index in [1.54, 1.807) is 13.3 Å². The van der Waals surface area contributed by atoms with Crippen molar-refractivity contribution in [1.29, 1.82) is 0 Å². The molecule has 0 radical (unpaired) electrons. The first-order valence-corrected chi connectivity index (χ1v) is 14.6. The van der Waals surface area contributed by atoms with Gasteiger partial charge >= 0.3 is 0 Å². The predicted molar refractivity (Wildman–Crippen MR) is 140 cm³/mol. The van der Waals surface area contributed by atoms with E-state index in [1.807, 2.05) is 12.1 Å². The Morgan fingerprint density at radius 2 is 1.89 bits per heavy atom. The molecule has 4 rings (SSSR count). The van der Waals surface area contributed by atoms with Crippen molar-refractivity contribution < 1.29 is 17.9 Å². The fourth-order valence-corrected chi connectivity index (χ4v) is 6.63. The molecule has 2 aliphatic rings. The second kappa shape index (κ2) is 10.6. The monoisotopic (exact) mass is 500 g/mol. The van der Waals surface area contributed by atoms with Crippen molar-refractivity contribution in [3.63, 3.8) is 0 Å². The van der Waals surface area contributed by atoms with Gasteiger partial charge in [-0.25, -0.2) is 8.42 Å². The van der Waals surface area contributed by atoms with Gasteiger partial charge in [0, 0.05) is 45.1 Å². The molecule has 1 aromatic heterocycles. The molecule has 1 fully saturated rings. The Hall–Kier alpha value is -1.96. The molecular weight excluding hydrogens is 460 g/mol. The molecule has 35 heavy (non-hydrogen) atoms. The van der Waals surface area contributed by atoms with Crippen LogP contribution in [-0.2, 0) is 26.7 Å². The molecule has 3 heterocycles. The average molecular weight is 501 g/mol. The van der Waals surface area contributed by atoms with Crippen LogP contribution in [0.15, 0.2) is 36.5 Å². The third kappa shape index (κ3) is 7.05. The molecule has 0 aliphatic carbocycles. The Labute approximate surface area is 211 Å². The first-order chi connectivity index (χ1) is 16.6. The van der Waals surface area contributed by atoms with E-state index in [2.05, 4.69) is 48.9 Å². The number of ether oxygens (including phenoxy) is 2. The third-order valence-corrected chi connectivity index (χ3v) is 8.70. The lowest BCUT2D eigenvalue weighted by Gasteiger charge is -2.45. The van der Waals surface area contributed by atoms with Gasteiger partial charge in [0.2, 0.25) is 0 Å². The summed E-state index contributed by atoms with van der Waals surface area (Å²) in [7, 11) is -1.58. The molecule has 0 bridgehead atoms. The second-order valence-electron chi connectivity index (χ2n) is 11.4. The summed E-state index contributed by atoms with van der Waals surface area (Å²) in [6.07, 6.45) is 6.43. The van der Waals surface area contributed by atoms with Crippen LogP contribution in [0.3, 0.4) is 0 Å². The lowest BCUT2D eigenvalue weighted by atomic mass is 9.82. The van der Waals surface area contributed by atoms with Crippen LogP contribution < -0.4 is 4.74 Å². The molecule has 7 heteroatoms. The number of pyridine rings is 1. The Balaban J connectivity index is 1.38. The molecule has 1 saturated heterocycles. The van der Waals surface area contributed by atoms with Crippen LogP contribution in [0, 0.1) is 5.41 Å². The number of nitrogens with zero attached hydrogens (tertiary/aromatic N) is 2. The van der Waals surface area contributed by atoms with Gasteiger partial charge in [0.25, 0.3) is 0 Å². The van der Waals surface area contributed by atoms with E-state index in [0.29, 0.717) is 24.0 Å². The minimum Gasteiger partial charge on any atom is -0.487 e. The third-order valence-electron chi connectivity index (χ3n) is 7.01. The van der Waals surface area contributed by atoms with Gasteiger partial charge in [-0.3, -0.25) is 4.98 Å². The van der Waals surface area contributed by atoms with Gasteiger partial charge in [-0.15, -0.1) is 0 Å². The molecule has 1 spiro atoms. The van der Waals surface area contributed by atoms with Crippen LogP contribution in [-0.4, -0.2) is 63.0 Å². The number of fused-ring (bicyclic) bond motifs is 1. The highest BCUT2D eigenvalue weighted by Gasteiger charge is 2.40. The molecule has 1 aromatic carbocycles. The highest BCUT2D eigenvalue weighted by molar-refractivity contribution is 7.90. The van der Waals surface area contributed by atoms with Gasteiger partial charge < -0.3 is 14.4 Å². The van der Waals surface area contributed by atoms with Gasteiger partial charge in [0.05, 0.1) is 17.2 Å². The molecule has 0 unspecified atom stereocenters. The smallest absolute Gasteiger partial charge is 0.154 e. The fraction of sp³-hybridized carbons (Fsp3) is 0.607. The summed E-state index contributed by atoms with van der Waals surface area (Å²) >= 11 is 0. The molecule has 0 N–H and O–H groups in total. The minimum absolute atomic E-state index is 0.0112. The van der Waals surface area contributed by atoms with Gasteiger partial charge in [0.1, 0.15) is 11.4 Å². The van der Waals surface area contributed by atoms with Crippen LogP contribution >= 0.6 is 0 Å². The van der Waals surface area contributed by atoms with Gasteiger partial charge in [-0.1, -0.05) is 26.8 Å². The van der Waals surface area contributed by atoms with E-state index in [1.165, 1.54) is 5.56 Å². The first kappa shape index (κ1) is 26.1. The van der Waals surface area contributed by atoms with Crippen molar-refractivity contribution >= 4 is 9.84 Å². The van der Waals surface area contributed by atoms with Crippen molar-refractivity contribution in [2.24, 2.45) is 5.41 Å². The number of sulfone groups is 1. The van der Waals surface area contributed by atoms with Gasteiger partial charge in [0.15, 0.2) is 9.84 Å². The number of likely N-dealkylation sites (tertiary alicyclic amines) is 1. The molecule has 6 nitrogen and oxygen atoms in total. The number of hydrogen-bond acceptors (Lipinski definition) is 6. The number of aryl methyl sites for hydroxylation is 1. The van der Waals surface area contributed by atoms with Crippen molar-refractivity contribution in [3.8, 4) is 17.0 Å². The zero-order valence-corrected chi connectivity index (χ0v) is 22.5. The lowest BCUT2D eigenvalue weighted by Crippen LogP contribution is -2.51. The van der Waals surface area contributed by atoms with Gasteiger partial charge in [-0.05, 0) is 72.9 Å². The van der Waals surface area contributed by atoms with E-state index in [-0.39, 0.29) is 17.1 Å². The number of hydrogen-bond donors (Lipinski definition) is 0. The topological polar surface area (TPSA) is 68.7 Å². The number of benzene rings is 1. The summed E-state index contributed by atoms with van der Waals surface area (Å²) in [5.74, 6) is 1.14. The van der Waals surface area contributed by atoms with Crippen molar-refractivity contribution in [2.75, 3.05) is 39.1 Å². The maximum Gasteiger partial charge on any atom is 0.154 e.